The van der Waals surface area contributed by atoms with Gasteiger partial charge in [0.2, 0.25) is 0 Å². The van der Waals surface area contributed by atoms with E-state index in [-0.39, 0.29) is 11.0 Å². The van der Waals surface area contributed by atoms with E-state index in [4.69, 9.17) is 11.3 Å². The van der Waals surface area contributed by atoms with Gasteiger partial charge in [-0.05, 0) is 24.6 Å². The number of hydrogen-bond donors (Lipinski definition) is 2. The summed E-state index contributed by atoms with van der Waals surface area (Å²) < 4.78 is 44.9. The first-order valence-corrected chi connectivity index (χ1v) is 7.08. The maximum Gasteiger partial charge on any atom is 0.343 e. The number of fused-ring (bicyclic) bond motifs is 1. The van der Waals surface area contributed by atoms with E-state index in [0.29, 0.717) is 0 Å². The quantitative estimate of drug-likeness (QED) is 0.718. The van der Waals surface area contributed by atoms with Crippen molar-refractivity contribution in [2.45, 2.75) is 18.9 Å². The van der Waals surface area contributed by atoms with Gasteiger partial charge in [-0.15, -0.1) is 0 Å². The topological polar surface area (TPSA) is 87.7 Å². The van der Waals surface area contributed by atoms with E-state index in [9.17, 15) is 19.8 Å². The average Bonchev–Trinajstić information content (AvgIpc) is 2.69. The van der Waals surface area contributed by atoms with E-state index in [1.54, 1.807) is 12.1 Å². The molecule has 5 heteroatoms. The van der Waals surface area contributed by atoms with Crippen molar-refractivity contribution in [3.05, 3.63) is 76.0 Å². The molecule has 0 amide bonds. The van der Waals surface area contributed by atoms with Gasteiger partial charge < -0.3 is 14.6 Å². The molecular weight excluding hydrogens is 308 g/mol. The molecule has 0 aliphatic carbocycles. The fourth-order valence-corrected chi connectivity index (χ4v) is 2.53. The van der Waals surface area contributed by atoms with Gasteiger partial charge in [0, 0.05) is 0 Å². The molecule has 2 unspecified atom stereocenters. The van der Waals surface area contributed by atoms with Crippen LogP contribution >= 0.6 is 0 Å². The van der Waals surface area contributed by atoms with Gasteiger partial charge in [0.05, 0.1) is 23.7 Å². The molecule has 3 aromatic rings. The van der Waals surface area contributed by atoms with Crippen LogP contribution in [0.4, 0.5) is 0 Å². The zero-order valence-electron chi connectivity index (χ0n) is 17.6. The molecule has 0 spiro atoms. The Morgan fingerprint density at radius 3 is 2.54 bits per heavy atom. The van der Waals surface area contributed by atoms with Crippen molar-refractivity contribution in [1.29, 1.82) is 0 Å². The second kappa shape index (κ2) is 6.29. The number of ketones is 1. The maximum absolute atomic E-state index is 12.7. The van der Waals surface area contributed by atoms with Crippen molar-refractivity contribution in [3.8, 4) is 5.75 Å². The van der Waals surface area contributed by atoms with Crippen LogP contribution in [-0.2, 0) is 4.79 Å². The number of aliphatic hydroxyl groups excluding tert-OH is 1. The van der Waals surface area contributed by atoms with Crippen molar-refractivity contribution in [3.63, 3.8) is 0 Å². The summed E-state index contributed by atoms with van der Waals surface area (Å²) in [5.41, 5.74) is -2.10. The van der Waals surface area contributed by atoms with E-state index < -0.39 is 70.5 Å². The molecule has 2 aromatic carbocycles. The highest BCUT2D eigenvalue weighted by atomic mass is 16.4. The fraction of sp³-hybridized carbons (Fsp3) is 0.158. The summed E-state index contributed by atoms with van der Waals surface area (Å²) in [6.45, 7) is 1.02. The lowest BCUT2D eigenvalue weighted by molar-refractivity contribution is -0.125. The second-order valence-electron chi connectivity index (χ2n) is 5.22. The van der Waals surface area contributed by atoms with Gasteiger partial charge in [0.1, 0.15) is 17.4 Å². The lowest BCUT2D eigenvalue weighted by Gasteiger charge is -2.22. The van der Waals surface area contributed by atoms with Crippen molar-refractivity contribution in [1.82, 2.24) is 0 Å². The Bertz CT molecular complexity index is 1170. The van der Waals surface area contributed by atoms with Crippen LogP contribution in [0.25, 0.3) is 11.0 Å². The third-order valence-electron chi connectivity index (χ3n) is 3.69. The monoisotopic (exact) mass is 329 g/mol. The van der Waals surface area contributed by atoms with E-state index in [0.717, 1.165) is 6.92 Å². The lowest BCUT2D eigenvalue weighted by Crippen LogP contribution is -2.30. The number of benzene rings is 2. The number of para-hydroxylation sites is 1. The first-order valence-electron chi connectivity index (χ1n) is 9.58. The zero-order valence-corrected chi connectivity index (χ0v) is 12.6. The Labute approximate surface area is 144 Å². The first kappa shape index (κ1) is 10.8. The van der Waals surface area contributed by atoms with Gasteiger partial charge in [-0.1, -0.05) is 42.3 Å². The fourth-order valence-electron chi connectivity index (χ4n) is 2.53. The highest BCUT2D eigenvalue weighted by Gasteiger charge is 2.32. The van der Waals surface area contributed by atoms with Crippen molar-refractivity contribution >= 4 is 16.8 Å². The molecule has 0 saturated carbocycles. The average molecular weight is 329 g/mol. The molecule has 0 radical (unpaired) electrons. The van der Waals surface area contributed by atoms with Crippen LogP contribution in [0.5, 0.6) is 5.75 Å². The summed E-state index contributed by atoms with van der Waals surface area (Å²) in [6, 6.07) is 2.53. The van der Waals surface area contributed by atoms with Crippen molar-refractivity contribution in [2.24, 2.45) is 0 Å². The molecule has 2 N–H and O–H groups in total. The third kappa shape index (κ3) is 2.70. The number of rotatable bonds is 4. The Hall–Kier alpha value is -2.92. The van der Waals surface area contributed by atoms with Crippen LogP contribution in [0.2, 0.25) is 0 Å². The zero-order chi connectivity index (χ0) is 21.6. The highest BCUT2D eigenvalue weighted by molar-refractivity contribution is 5.86. The minimum atomic E-state index is -1.96. The van der Waals surface area contributed by atoms with Crippen LogP contribution in [0.1, 0.15) is 30.8 Å². The van der Waals surface area contributed by atoms with Crippen LogP contribution in [0, 0.1) is 0 Å². The largest absolute Gasteiger partial charge is 0.507 e. The number of aromatic hydroxyl groups is 1. The van der Waals surface area contributed by atoms with Crippen LogP contribution in [0.15, 0.2) is 63.7 Å². The minimum Gasteiger partial charge on any atom is -0.507 e. The molecular formula is C19H16O5. The van der Waals surface area contributed by atoms with Gasteiger partial charge in [0.25, 0.3) is 0 Å². The molecule has 0 bridgehead atoms. The summed E-state index contributed by atoms with van der Waals surface area (Å²) in [5.74, 6) is -3.16. The molecule has 24 heavy (non-hydrogen) atoms. The molecule has 0 aliphatic heterocycles. The van der Waals surface area contributed by atoms with Gasteiger partial charge >= 0.3 is 5.63 Å². The number of carbonyl (C=O) groups is 1. The molecule has 2 atom stereocenters. The molecule has 5 nitrogen and oxygen atoms in total. The first-order chi connectivity index (χ1) is 13.6. The number of Topliss-reactive ketones (excluding diaryl/α,β-unsaturated/α-hetero) is 1. The Morgan fingerprint density at radius 1 is 1.21 bits per heavy atom. The Balaban J connectivity index is 2.47. The predicted molar refractivity (Wildman–Crippen MR) is 89.1 cm³/mol. The normalized spacial score (nSPS) is 16.5. The molecule has 3 rings (SSSR count). The molecule has 0 aliphatic rings. The van der Waals surface area contributed by atoms with Gasteiger partial charge in [-0.25, -0.2) is 4.79 Å². The summed E-state index contributed by atoms with van der Waals surface area (Å²) in [7, 11) is 0. The molecule has 1 heterocycles. The summed E-state index contributed by atoms with van der Waals surface area (Å²) in [4.78, 5) is 24.6. The van der Waals surface area contributed by atoms with Gasteiger partial charge in [-0.2, -0.15) is 0 Å². The van der Waals surface area contributed by atoms with E-state index in [2.05, 4.69) is 0 Å². The summed E-state index contributed by atoms with van der Waals surface area (Å²) in [5, 5.41) is 21.4. The highest BCUT2D eigenvalue weighted by Crippen LogP contribution is 2.36. The molecule has 1 aromatic heterocycles. The SMILES string of the molecule is [2H]c1c([2H])c([2H])c(C(c2c(O)c3ccccc3oc2=O)C(O)C(C)=O)c([2H])c1[2H]. The van der Waals surface area contributed by atoms with E-state index >= 15 is 0 Å². The van der Waals surface area contributed by atoms with Gasteiger partial charge in [-0.3, -0.25) is 4.79 Å². The lowest BCUT2D eigenvalue weighted by atomic mass is 9.85. The van der Waals surface area contributed by atoms with Crippen molar-refractivity contribution < 1.29 is 26.3 Å². The number of hydrogen-bond acceptors (Lipinski definition) is 5. The third-order valence-corrected chi connectivity index (χ3v) is 3.69. The number of carbonyl (C=O) groups excluding carboxylic acids is 1. The maximum atomic E-state index is 12.7. The second-order valence-corrected chi connectivity index (χ2v) is 5.22. The summed E-state index contributed by atoms with van der Waals surface area (Å²) in [6.07, 6.45) is -1.96. The van der Waals surface area contributed by atoms with E-state index in [1.165, 1.54) is 12.1 Å². The minimum absolute atomic E-state index is 0.0517. The molecule has 0 saturated heterocycles. The molecule has 122 valence electrons. The van der Waals surface area contributed by atoms with E-state index in [1.807, 2.05) is 0 Å². The molecule has 0 fully saturated rings. The van der Waals surface area contributed by atoms with Gasteiger partial charge in [0.15, 0.2) is 5.78 Å². The summed E-state index contributed by atoms with van der Waals surface area (Å²) >= 11 is 0. The predicted octanol–water partition coefficient (Wildman–Crippen LogP) is 2.58. The van der Waals surface area contributed by atoms with Crippen LogP contribution < -0.4 is 5.63 Å². The smallest absolute Gasteiger partial charge is 0.343 e. The van der Waals surface area contributed by atoms with Crippen molar-refractivity contribution in [2.75, 3.05) is 0 Å². The Morgan fingerprint density at radius 2 is 1.88 bits per heavy atom. The number of aliphatic hydroxyl groups is 1. The standard InChI is InChI=1S/C19H16O5/c1-11(20)17(21)15(12-7-3-2-4-8-12)16-18(22)13-9-5-6-10-14(13)24-19(16)23/h2-10,15,17,21-22H,1H3/i2D,3D,4D,7D,8D. The van der Waals surface area contributed by atoms with Crippen LogP contribution in [0.3, 0.4) is 0 Å². The van der Waals surface area contributed by atoms with Crippen LogP contribution in [-0.4, -0.2) is 22.1 Å². The Kier molecular flexibility index (Phi) is 2.83.